The number of amides is 2. The number of carboxylic acid groups (broad SMARTS) is 1. The predicted molar refractivity (Wildman–Crippen MR) is 157 cm³/mol. The van der Waals surface area contributed by atoms with Crippen LogP contribution in [0, 0.1) is 13.8 Å². The second-order valence-electron chi connectivity index (χ2n) is 10.5. The highest BCUT2D eigenvalue weighted by atomic mass is 35.5. The third-order valence-corrected chi connectivity index (χ3v) is 8.33. The van der Waals surface area contributed by atoms with Gasteiger partial charge < -0.3 is 19.6 Å². The number of benzene rings is 2. The molecule has 1 fully saturated rings. The van der Waals surface area contributed by atoms with Gasteiger partial charge in [0.1, 0.15) is 5.75 Å². The Morgan fingerprint density at radius 2 is 1.70 bits per heavy atom. The number of halogens is 2. The molecule has 1 aromatic heterocycles. The van der Waals surface area contributed by atoms with Crippen LogP contribution in [0.25, 0.3) is 0 Å². The quantitative estimate of drug-likeness (QED) is 0.251. The van der Waals surface area contributed by atoms with Gasteiger partial charge >= 0.3 is 12.2 Å². The summed E-state index contributed by atoms with van der Waals surface area (Å²) in [6.07, 6.45) is 1.64. The molecule has 0 radical (unpaired) electrons. The lowest BCUT2D eigenvalue weighted by atomic mass is 10.0. The van der Waals surface area contributed by atoms with E-state index in [9.17, 15) is 9.59 Å². The molecule has 2 aromatic carbocycles. The average Bonchev–Trinajstić information content (AvgIpc) is 3.33. The first-order chi connectivity index (χ1) is 19.1. The molecule has 1 atom stereocenters. The van der Waals surface area contributed by atoms with Crippen molar-refractivity contribution in [3.8, 4) is 5.75 Å². The van der Waals surface area contributed by atoms with Gasteiger partial charge in [-0.25, -0.2) is 9.59 Å². The highest BCUT2D eigenvalue weighted by molar-refractivity contribution is 6.35. The standard InChI is InChI=1S/C30H32Cl2N4O4/c1-18-14-23(15-19(2)33-18)35-12-10-22(11-13-35)36(28-16-21(31)6-8-26(28)32)29(37)34(3)27-9-5-20-4-7-24(17-25(20)27)40-30(38)39/h4,6-8,14-17,22,27H,5,9-13H2,1-3H3,(H,38,39). The van der Waals surface area contributed by atoms with Crippen molar-refractivity contribution in [3.05, 3.63) is 81.1 Å². The highest BCUT2D eigenvalue weighted by Gasteiger charge is 2.37. The Hall–Kier alpha value is -3.49. The highest BCUT2D eigenvalue weighted by Crippen LogP contribution is 2.40. The van der Waals surface area contributed by atoms with Gasteiger partial charge in [-0.3, -0.25) is 9.88 Å². The monoisotopic (exact) mass is 582 g/mol. The van der Waals surface area contributed by atoms with Crippen LogP contribution >= 0.6 is 23.2 Å². The number of urea groups is 1. The van der Waals surface area contributed by atoms with Crippen molar-refractivity contribution in [2.45, 2.75) is 51.6 Å². The summed E-state index contributed by atoms with van der Waals surface area (Å²) in [6.45, 7) is 5.56. The van der Waals surface area contributed by atoms with E-state index >= 15 is 0 Å². The van der Waals surface area contributed by atoms with E-state index in [1.807, 2.05) is 19.9 Å². The van der Waals surface area contributed by atoms with Gasteiger partial charge in [0.05, 0.1) is 16.8 Å². The van der Waals surface area contributed by atoms with Crippen LogP contribution in [-0.4, -0.2) is 53.4 Å². The molecular formula is C30H32Cl2N4O4. The zero-order chi connectivity index (χ0) is 28.6. The second-order valence-corrected chi connectivity index (χ2v) is 11.3. The summed E-state index contributed by atoms with van der Waals surface area (Å²) in [5.41, 5.74) is 5.66. The normalized spacial score (nSPS) is 16.9. The summed E-state index contributed by atoms with van der Waals surface area (Å²) in [6, 6.07) is 14.1. The van der Waals surface area contributed by atoms with Crippen molar-refractivity contribution in [2.24, 2.45) is 0 Å². The number of anilines is 2. The lowest BCUT2D eigenvalue weighted by Gasteiger charge is -2.42. The molecule has 10 heteroatoms. The number of fused-ring (bicyclic) bond motifs is 1. The van der Waals surface area contributed by atoms with E-state index in [-0.39, 0.29) is 23.9 Å². The minimum absolute atomic E-state index is 0.0891. The van der Waals surface area contributed by atoms with E-state index in [0.29, 0.717) is 15.7 Å². The maximum absolute atomic E-state index is 14.3. The van der Waals surface area contributed by atoms with Crippen molar-refractivity contribution in [1.82, 2.24) is 9.88 Å². The lowest BCUT2D eigenvalue weighted by Crippen LogP contribution is -2.52. The van der Waals surface area contributed by atoms with Gasteiger partial charge in [0.25, 0.3) is 0 Å². The fourth-order valence-corrected chi connectivity index (χ4v) is 6.31. The minimum Gasteiger partial charge on any atom is -0.449 e. The van der Waals surface area contributed by atoms with E-state index in [1.54, 1.807) is 47.2 Å². The summed E-state index contributed by atoms with van der Waals surface area (Å²) in [5.74, 6) is 0.239. The van der Waals surface area contributed by atoms with Crippen molar-refractivity contribution in [1.29, 1.82) is 0 Å². The zero-order valence-electron chi connectivity index (χ0n) is 22.7. The van der Waals surface area contributed by atoms with Gasteiger partial charge in [0.2, 0.25) is 0 Å². The number of ether oxygens (including phenoxy) is 1. The van der Waals surface area contributed by atoms with Crippen LogP contribution < -0.4 is 14.5 Å². The van der Waals surface area contributed by atoms with E-state index in [4.69, 9.17) is 33.0 Å². The molecule has 2 amide bonds. The van der Waals surface area contributed by atoms with E-state index in [2.05, 4.69) is 22.0 Å². The molecule has 2 heterocycles. The first-order valence-electron chi connectivity index (χ1n) is 13.4. The van der Waals surface area contributed by atoms with Gasteiger partial charge in [-0.2, -0.15) is 0 Å². The molecule has 1 N–H and O–H groups in total. The van der Waals surface area contributed by atoms with E-state index in [0.717, 1.165) is 67.0 Å². The largest absolute Gasteiger partial charge is 0.511 e. The van der Waals surface area contributed by atoms with Crippen molar-refractivity contribution in [3.63, 3.8) is 0 Å². The van der Waals surface area contributed by atoms with Crippen LogP contribution in [0.3, 0.4) is 0 Å². The topological polar surface area (TPSA) is 86.2 Å². The van der Waals surface area contributed by atoms with Crippen LogP contribution in [-0.2, 0) is 6.42 Å². The van der Waals surface area contributed by atoms with Gasteiger partial charge in [-0.05, 0) is 93.1 Å². The molecule has 1 aliphatic heterocycles. The number of nitrogens with zero attached hydrogens (tertiary/aromatic N) is 4. The predicted octanol–water partition coefficient (Wildman–Crippen LogP) is 7.28. The molecule has 2 aliphatic rings. The number of carbonyl (C=O) groups excluding carboxylic acids is 1. The molecule has 1 aliphatic carbocycles. The third-order valence-electron chi connectivity index (χ3n) is 7.77. The van der Waals surface area contributed by atoms with Crippen LogP contribution in [0.4, 0.5) is 21.0 Å². The fourth-order valence-electron chi connectivity index (χ4n) is 5.93. The summed E-state index contributed by atoms with van der Waals surface area (Å²) in [5, 5.41) is 10.0. The number of rotatable bonds is 5. The maximum Gasteiger partial charge on any atom is 0.511 e. The van der Waals surface area contributed by atoms with Gasteiger partial charge in [0.15, 0.2) is 0 Å². The molecule has 1 saturated heterocycles. The number of hydrogen-bond acceptors (Lipinski definition) is 5. The minimum atomic E-state index is -1.37. The second kappa shape index (κ2) is 11.6. The van der Waals surface area contributed by atoms with Crippen LogP contribution in [0.5, 0.6) is 5.75 Å². The first-order valence-corrected chi connectivity index (χ1v) is 14.1. The van der Waals surface area contributed by atoms with Gasteiger partial charge in [-0.1, -0.05) is 29.3 Å². The molecule has 0 bridgehead atoms. The maximum atomic E-state index is 14.3. The number of aryl methyl sites for hydroxylation is 3. The fraction of sp³-hybridized carbons (Fsp3) is 0.367. The van der Waals surface area contributed by atoms with E-state index in [1.165, 1.54) is 0 Å². The Morgan fingerprint density at radius 3 is 2.38 bits per heavy atom. The molecule has 1 unspecified atom stereocenters. The molecule has 40 heavy (non-hydrogen) atoms. The number of piperidine rings is 1. The smallest absolute Gasteiger partial charge is 0.449 e. The average molecular weight is 584 g/mol. The lowest BCUT2D eigenvalue weighted by molar-refractivity contribution is 0.144. The van der Waals surface area contributed by atoms with Gasteiger partial charge in [-0.15, -0.1) is 0 Å². The first kappa shape index (κ1) is 28.1. The third kappa shape index (κ3) is 5.83. The van der Waals surface area contributed by atoms with E-state index < -0.39 is 6.16 Å². The molecule has 5 rings (SSSR count). The molecule has 0 saturated carbocycles. The SMILES string of the molecule is Cc1cc(N2CCC(N(C(=O)N(C)C3CCc4ccc(OC(=O)O)cc43)c3cc(Cl)ccc3Cl)CC2)cc(C)n1. The molecule has 3 aromatic rings. The molecule has 0 spiro atoms. The Morgan fingerprint density at radius 1 is 1.00 bits per heavy atom. The number of carbonyl (C=O) groups is 2. The summed E-state index contributed by atoms with van der Waals surface area (Å²) in [7, 11) is 1.79. The van der Waals surface area contributed by atoms with Crippen molar-refractivity contribution in [2.75, 3.05) is 29.9 Å². The Labute approximate surface area is 244 Å². The van der Waals surface area contributed by atoms with Crippen LogP contribution in [0.15, 0.2) is 48.5 Å². The molecular weight excluding hydrogens is 551 g/mol. The number of aromatic nitrogens is 1. The molecule has 8 nitrogen and oxygen atoms in total. The number of hydrogen-bond donors (Lipinski definition) is 1. The van der Waals surface area contributed by atoms with Crippen molar-refractivity contribution >= 4 is 46.8 Å². The Kier molecular flexibility index (Phi) is 8.10. The Bertz CT molecular complexity index is 1420. The molecule has 210 valence electrons. The Balaban J connectivity index is 1.42. The van der Waals surface area contributed by atoms with Gasteiger partial charge in [0, 0.05) is 48.3 Å². The summed E-state index contributed by atoms with van der Waals surface area (Å²) in [4.78, 5) is 35.8. The zero-order valence-corrected chi connectivity index (χ0v) is 24.2. The van der Waals surface area contributed by atoms with Crippen LogP contribution in [0.1, 0.15) is 47.8 Å². The summed E-state index contributed by atoms with van der Waals surface area (Å²) < 4.78 is 4.89. The summed E-state index contributed by atoms with van der Waals surface area (Å²) >= 11 is 13.1. The number of pyridine rings is 1. The van der Waals surface area contributed by atoms with Crippen LogP contribution in [0.2, 0.25) is 10.0 Å². The van der Waals surface area contributed by atoms with Crippen molar-refractivity contribution < 1.29 is 19.4 Å².